The van der Waals surface area contributed by atoms with Crippen molar-refractivity contribution in [2.45, 2.75) is 31.9 Å². The zero-order valence-corrected chi connectivity index (χ0v) is 9.40. The molecule has 1 aromatic heterocycles. The van der Waals surface area contributed by atoms with E-state index in [2.05, 4.69) is 15.5 Å². The molecule has 0 aromatic carbocycles. The van der Waals surface area contributed by atoms with Crippen molar-refractivity contribution in [2.75, 3.05) is 19.8 Å². The normalized spacial score (nSPS) is 19.9. The van der Waals surface area contributed by atoms with Gasteiger partial charge in [0.2, 0.25) is 11.8 Å². The third-order valence-corrected chi connectivity index (χ3v) is 2.72. The number of nitrogens with one attached hydrogen (secondary N) is 1. The minimum Gasteiger partial charge on any atom is -0.424 e. The fourth-order valence-electron chi connectivity index (χ4n) is 1.74. The third-order valence-electron chi connectivity index (χ3n) is 2.72. The van der Waals surface area contributed by atoms with Crippen molar-refractivity contribution in [3.8, 4) is 0 Å². The van der Waals surface area contributed by atoms with E-state index in [9.17, 15) is 5.11 Å². The van der Waals surface area contributed by atoms with E-state index in [1.54, 1.807) is 6.92 Å². The molecular weight excluding hydrogens is 210 g/mol. The van der Waals surface area contributed by atoms with Crippen LogP contribution >= 0.6 is 0 Å². The van der Waals surface area contributed by atoms with Gasteiger partial charge in [-0.05, 0) is 0 Å². The second-order valence-corrected chi connectivity index (χ2v) is 4.16. The van der Waals surface area contributed by atoms with E-state index in [0.29, 0.717) is 50.9 Å². The molecule has 2 N–H and O–H groups in total. The first-order valence-corrected chi connectivity index (χ1v) is 5.48. The molecule has 0 unspecified atom stereocenters. The molecule has 1 fully saturated rings. The molecule has 2 rings (SSSR count). The van der Waals surface area contributed by atoms with E-state index in [0.717, 1.165) is 0 Å². The predicted molar refractivity (Wildman–Crippen MR) is 55.7 cm³/mol. The molecule has 0 atom stereocenters. The number of hydrogen-bond donors (Lipinski definition) is 2. The van der Waals surface area contributed by atoms with Crippen molar-refractivity contribution in [2.24, 2.45) is 0 Å². The van der Waals surface area contributed by atoms with Crippen LogP contribution in [0.15, 0.2) is 4.42 Å². The Balaban J connectivity index is 1.74. The van der Waals surface area contributed by atoms with Gasteiger partial charge in [0, 0.05) is 39.5 Å². The Morgan fingerprint density at radius 2 is 2.12 bits per heavy atom. The van der Waals surface area contributed by atoms with Crippen LogP contribution in [0.2, 0.25) is 0 Å². The van der Waals surface area contributed by atoms with Crippen molar-refractivity contribution < 1.29 is 14.3 Å². The fourth-order valence-corrected chi connectivity index (χ4v) is 1.74. The first-order chi connectivity index (χ1) is 7.68. The summed E-state index contributed by atoms with van der Waals surface area (Å²) in [5.41, 5.74) is -0.659. The summed E-state index contributed by atoms with van der Waals surface area (Å²) in [7, 11) is 0. The van der Waals surface area contributed by atoms with Gasteiger partial charge in [-0.3, -0.25) is 0 Å². The highest BCUT2D eigenvalue weighted by molar-refractivity contribution is 4.85. The average molecular weight is 227 g/mol. The Hall–Kier alpha value is -0.980. The molecule has 1 aromatic rings. The largest absolute Gasteiger partial charge is 0.424 e. The summed E-state index contributed by atoms with van der Waals surface area (Å²) in [6.07, 6.45) is 1.34. The van der Waals surface area contributed by atoms with Gasteiger partial charge in [0.25, 0.3) is 0 Å². The monoisotopic (exact) mass is 227 g/mol. The van der Waals surface area contributed by atoms with E-state index in [1.165, 1.54) is 0 Å². The van der Waals surface area contributed by atoms with Crippen LogP contribution in [0.4, 0.5) is 0 Å². The molecular formula is C10H17N3O3. The maximum absolute atomic E-state index is 10.1. The standard InChI is InChI=1S/C10H17N3O3/c1-8-12-13-9(16-8)6-11-7-10(14)2-4-15-5-3-10/h11,14H,2-7H2,1H3. The van der Waals surface area contributed by atoms with Gasteiger partial charge in [-0.1, -0.05) is 0 Å². The van der Waals surface area contributed by atoms with Crippen LogP contribution in [0.5, 0.6) is 0 Å². The quantitative estimate of drug-likeness (QED) is 0.754. The van der Waals surface area contributed by atoms with Crippen LogP contribution in [0.3, 0.4) is 0 Å². The van der Waals surface area contributed by atoms with Crippen LogP contribution in [-0.2, 0) is 11.3 Å². The summed E-state index contributed by atoms with van der Waals surface area (Å²) in [5, 5.41) is 20.9. The first kappa shape index (κ1) is 11.5. The highest BCUT2D eigenvalue weighted by Crippen LogP contribution is 2.19. The lowest BCUT2D eigenvalue weighted by molar-refractivity contribution is -0.0618. The molecule has 90 valence electrons. The Bertz CT molecular complexity index is 334. The van der Waals surface area contributed by atoms with Crippen molar-refractivity contribution in [3.05, 3.63) is 11.8 Å². The zero-order chi connectivity index (χ0) is 11.4. The van der Waals surface area contributed by atoms with Crippen molar-refractivity contribution in [1.29, 1.82) is 0 Å². The number of aliphatic hydroxyl groups is 1. The molecule has 0 radical (unpaired) electrons. The molecule has 16 heavy (non-hydrogen) atoms. The van der Waals surface area contributed by atoms with Crippen LogP contribution < -0.4 is 5.32 Å². The summed E-state index contributed by atoms with van der Waals surface area (Å²) in [6, 6.07) is 0. The van der Waals surface area contributed by atoms with Crippen LogP contribution in [0.1, 0.15) is 24.6 Å². The second-order valence-electron chi connectivity index (χ2n) is 4.16. The Morgan fingerprint density at radius 3 is 2.75 bits per heavy atom. The minimum atomic E-state index is -0.659. The number of rotatable bonds is 4. The lowest BCUT2D eigenvalue weighted by Crippen LogP contribution is -2.44. The lowest BCUT2D eigenvalue weighted by atomic mass is 9.94. The summed E-state index contributed by atoms with van der Waals surface area (Å²) < 4.78 is 10.4. The zero-order valence-electron chi connectivity index (χ0n) is 9.40. The van der Waals surface area contributed by atoms with Gasteiger partial charge in [-0.15, -0.1) is 10.2 Å². The van der Waals surface area contributed by atoms with Crippen LogP contribution in [0.25, 0.3) is 0 Å². The predicted octanol–water partition coefficient (Wildman–Crippen LogP) is 0.00912. The summed E-state index contributed by atoms with van der Waals surface area (Å²) in [4.78, 5) is 0. The maximum Gasteiger partial charge on any atom is 0.230 e. The van der Waals surface area contributed by atoms with Gasteiger partial charge in [0.05, 0.1) is 12.1 Å². The minimum absolute atomic E-state index is 0.490. The Morgan fingerprint density at radius 1 is 1.38 bits per heavy atom. The second kappa shape index (κ2) is 4.90. The number of ether oxygens (including phenoxy) is 1. The molecule has 0 saturated carbocycles. The van der Waals surface area contributed by atoms with E-state index in [-0.39, 0.29) is 0 Å². The SMILES string of the molecule is Cc1nnc(CNCC2(O)CCOCC2)o1. The highest BCUT2D eigenvalue weighted by Gasteiger charge is 2.29. The van der Waals surface area contributed by atoms with Crippen LogP contribution in [0, 0.1) is 6.92 Å². The molecule has 1 saturated heterocycles. The Kier molecular flexibility index (Phi) is 3.52. The smallest absolute Gasteiger partial charge is 0.230 e. The molecule has 6 heteroatoms. The van der Waals surface area contributed by atoms with Crippen molar-refractivity contribution >= 4 is 0 Å². The number of hydrogen-bond acceptors (Lipinski definition) is 6. The molecule has 1 aliphatic heterocycles. The van der Waals surface area contributed by atoms with Crippen molar-refractivity contribution in [3.63, 3.8) is 0 Å². The van der Waals surface area contributed by atoms with Crippen molar-refractivity contribution in [1.82, 2.24) is 15.5 Å². The number of aromatic nitrogens is 2. The van der Waals surface area contributed by atoms with Gasteiger partial charge in [-0.25, -0.2) is 0 Å². The molecule has 2 heterocycles. The number of aryl methyl sites for hydroxylation is 1. The molecule has 0 spiro atoms. The third kappa shape index (κ3) is 3.01. The van der Waals surface area contributed by atoms with E-state index >= 15 is 0 Å². The number of nitrogens with zero attached hydrogens (tertiary/aromatic N) is 2. The Labute approximate surface area is 94.0 Å². The molecule has 0 aliphatic carbocycles. The first-order valence-electron chi connectivity index (χ1n) is 5.48. The van der Waals surface area contributed by atoms with Gasteiger partial charge in [0.15, 0.2) is 0 Å². The van der Waals surface area contributed by atoms with Gasteiger partial charge in [0.1, 0.15) is 0 Å². The molecule has 0 amide bonds. The van der Waals surface area contributed by atoms with E-state index in [4.69, 9.17) is 9.15 Å². The average Bonchev–Trinajstić information content (AvgIpc) is 2.65. The summed E-state index contributed by atoms with van der Waals surface area (Å²) >= 11 is 0. The molecule has 6 nitrogen and oxygen atoms in total. The molecule has 1 aliphatic rings. The summed E-state index contributed by atoms with van der Waals surface area (Å²) in [6.45, 7) is 4.01. The van der Waals surface area contributed by atoms with E-state index in [1.807, 2.05) is 0 Å². The van der Waals surface area contributed by atoms with Crippen LogP contribution in [-0.4, -0.2) is 40.7 Å². The lowest BCUT2D eigenvalue weighted by Gasteiger charge is -2.31. The van der Waals surface area contributed by atoms with Gasteiger partial charge >= 0.3 is 0 Å². The maximum atomic E-state index is 10.1. The van der Waals surface area contributed by atoms with Gasteiger partial charge < -0.3 is 19.6 Å². The molecule has 0 bridgehead atoms. The van der Waals surface area contributed by atoms with Gasteiger partial charge in [-0.2, -0.15) is 0 Å². The fraction of sp³-hybridized carbons (Fsp3) is 0.800. The van der Waals surface area contributed by atoms with E-state index < -0.39 is 5.60 Å². The summed E-state index contributed by atoms with van der Waals surface area (Å²) in [5.74, 6) is 1.11. The topological polar surface area (TPSA) is 80.4 Å². The highest BCUT2D eigenvalue weighted by atomic mass is 16.5.